The van der Waals surface area contributed by atoms with Gasteiger partial charge in [-0.05, 0) is 19.3 Å². The Morgan fingerprint density at radius 3 is 2.79 bits per heavy atom. The molecular weight excluding hydrogens is 180 g/mol. The van der Waals surface area contributed by atoms with Crippen molar-refractivity contribution < 1.29 is 4.79 Å². The molecule has 0 aliphatic carbocycles. The van der Waals surface area contributed by atoms with Crippen molar-refractivity contribution in [3.05, 3.63) is 0 Å². The number of likely N-dealkylation sites (tertiary alicyclic amines) is 1. The maximum Gasteiger partial charge on any atom is 0.243 e. The first kappa shape index (κ1) is 10.7. The second kappa shape index (κ2) is 6.12. The maximum absolute atomic E-state index is 11.5. The summed E-state index contributed by atoms with van der Waals surface area (Å²) in [5, 5.41) is 10.3. The highest BCUT2D eigenvalue weighted by Gasteiger charge is 2.15. The Hall–Kier alpha value is -1.39. The highest BCUT2D eigenvalue weighted by Crippen LogP contribution is 2.07. The van der Waals surface area contributed by atoms with Crippen LogP contribution in [0.5, 0.6) is 0 Å². The van der Waals surface area contributed by atoms with Crippen LogP contribution in [0.1, 0.15) is 19.3 Å². The third-order valence-corrected chi connectivity index (χ3v) is 2.18. The van der Waals surface area contributed by atoms with Crippen molar-refractivity contribution in [1.82, 2.24) is 10.3 Å². The summed E-state index contributed by atoms with van der Waals surface area (Å²) in [6.07, 6.45) is 5.82. The minimum Gasteiger partial charge on any atom is -0.341 e. The average molecular weight is 196 g/mol. The van der Waals surface area contributed by atoms with Crippen molar-refractivity contribution in [3.63, 3.8) is 0 Å². The van der Waals surface area contributed by atoms with Crippen molar-refractivity contribution in [1.29, 1.82) is 5.41 Å². The molecule has 5 heteroatoms. The number of hydrazone groups is 1. The van der Waals surface area contributed by atoms with E-state index in [1.165, 1.54) is 12.6 Å². The van der Waals surface area contributed by atoms with Gasteiger partial charge in [0.2, 0.25) is 5.91 Å². The second-order valence-corrected chi connectivity index (χ2v) is 3.22. The molecule has 0 spiro atoms. The van der Waals surface area contributed by atoms with Crippen molar-refractivity contribution in [2.24, 2.45) is 5.10 Å². The van der Waals surface area contributed by atoms with Gasteiger partial charge in [0.05, 0.1) is 6.21 Å². The minimum atomic E-state index is 0.0897. The first-order valence-corrected chi connectivity index (χ1v) is 4.87. The van der Waals surface area contributed by atoms with Gasteiger partial charge in [-0.3, -0.25) is 4.79 Å². The van der Waals surface area contributed by atoms with Gasteiger partial charge < -0.3 is 15.7 Å². The third-order valence-electron chi connectivity index (χ3n) is 2.18. The van der Waals surface area contributed by atoms with Gasteiger partial charge in [-0.2, -0.15) is 5.10 Å². The van der Waals surface area contributed by atoms with Gasteiger partial charge in [-0.15, -0.1) is 0 Å². The topological polar surface area (TPSA) is 68.5 Å². The molecule has 0 unspecified atom stereocenters. The van der Waals surface area contributed by atoms with E-state index in [0.29, 0.717) is 0 Å². The lowest BCUT2D eigenvalue weighted by Gasteiger charge is -2.26. The van der Waals surface area contributed by atoms with Gasteiger partial charge in [-0.25, -0.2) is 0 Å². The molecule has 1 saturated heterocycles. The predicted octanol–water partition coefficient (Wildman–Crippen LogP) is 0.224. The number of piperidine rings is 1. The largest absolute Gasteiger partial charge is 0.341 e. The summed E-state index contributed by atoms with van der Waals surface area (Å²) < 4.78 is 0. The van der Waals surface area contributed by atoms with Crippen LogP contribution < -0.4 is 5.43 Å². The van der Waals surface area contributed by atoms with Crippen molar-refractivity contribution in [2.45, 2.75) is 19.3 Å². The molecule has 78 valence electrons. The molecule has 0 saturated carbocycles. The molecule has 2 N–H and O–H groups in total. The van der Waals surface area contributed by atoms with Crippen LogP contribution in [0.25, 0.3) is 0 Å². The normalized spacial score (nSPS) is 17.0. The number of hydrogen-bond donors (Lipinski definition) is 2. The van der Waals surface area contributed by atoms with Crippen molar-refractivity contribution in [3.8, 4) is 0 Å². The Kier molecular flexibility index (Phi) is 4.68. The molecule has 1 aliphatic rings. The van der Waals surface area contributed by atoms with E-state index in [1.807, 2.05) is 4.90 Å². The molecular formula is C9H16N4O. The van der Waals surface area contributed by atoms with E-state index in [1.54, 1.807) is 0 Å². The van der Waals surface area contributed by atoms with Crippen LogP contribution >= 0.6 is 0 Å². The number of amides is 1. The summed E-state index contributed by atoms with van der Waals surface area (Å²) in [5.74, 6) is 0.0897. The number of nitrogens with zero attached hydrogens (tertiary/aromatic N) is 2. The molecule has 1 heterocycles. The zero-order chi connectivity index (χ0) is 10.2. The van der Waals surface area contributed by atoms with Gasteiger partial charge in [0.1, 0.15) is 6.54 Å². The molecule has 0 atom stereocenters. The lowest BCUT2D eigenvalue weighted by Crippen LogP contribution is -2.40. The average Bonchev–Trinajstić information content (AvgIpc) is 2.25. The first-order valence-electron chi connectivity index (χ1n) is 4.87. The number of rotatable bonds is 4. The van der Waals surface area contributed by atoms with Crippen LogP contribution in [-0.2, 0) is 4.79 Å². The van der Waals surface area contributed by atoms with Gasteiger partial charge >= 0.3 is 0 Å². The summed E-state index contributed by atoms with van der Waals surface area (Å²) >= 11 is 0. The Morgan fingerprint density at radius 1 is 1.43 bits per heavy atom. The number of carbonyl (C=O) groups excluding carboxylic acids is 1. The summed E-state index contributed by atoms with van der Waals surface area (Å²) in [6.45, 7) is 1.97. The number of nitrogens with one attached hydrogen (secondary N) is 2. The summed E-state index contributed by atoms with van der Waals surface area (Å²) in [5.41, 5.74) is 2.61. The minimum absolute atomic E-state index is 0.0897. The predicted molar refractivity (Wildman–Crippen MR) is 55.7 cm³/mol. The molecule has 1 fully saturated rings. The Balaban J connectivity index is 2.19. The van der Waals surface area contributed by atoms with Crippen LogP contribution in [0.15, 0.2) is 5.10 Å². The van der Waals surface area contributed by atoms with Crippen LogP contribution in [0, 0.1) is 5.41 Å². The molecule has 14 heavy (non-hydrogen) atoms. The van der Waals surface area contributed by atoms with E-state index in [2.05, 4.69) is 10.5 Å². The standard InChI is InChI=1S/C9H16N4O/c10-4-5-11-12-8-9(14)13-6-2-1-3-7-13/h4-5,10,12H,1-3,6-8H2/b10-4?,11-5-. The lowest BCUT2D eigenvalue weighted by molar-refractivity contribution is -0.131. The monoisotopic (exact) mass is 196 g/mol. The van der Waals surface area contributed by atoms with E-state index in [0.717, 1.165) is 32.1 Å². The SMILES string of the molecule is N=C/C=N\NCC(=O)N1CCCCC1. The molecule has 1 rings (SSSR count). The fraction of sp³-hybridized carbons (Fsp3) is 0.667. The molecule has 1 amide bonds. The molecule has 0 aromatic carbocycles. The Labute approximate surface area is 83.7 Å². The van der Waals surface area contributed by atoms with E-state index >= 15 is 0 Å². The van der Waals surface area contributed by atoms with Gasteiger partial charge in [0.15, 0.2) is 0 Å². The smallest absolute Gasteiger partial charge is 0.243 e. The van der Waals surface area contributed by atoms with Crippen LogP contribution in [0.4, 0.5) is 0 Å². The fourth-order valence-corrected chi connectivity index (χ4v) is 1.46. The summed E-state index contributed by atoms with van der Waals surface area (Å²) in [7, 11) is 0. The van der Waals surface area contributed by atoms with Gasteiger partial charge in [0.25, 0.3) is 0 Å². The third kappa shape index (κ3) is 3.55. The van der Waals surface area contributed by atoms with Crippen molar-refractivity contribution >= 4 is 18.3 Å². The van der Waals surface area contributed by atoms with E-state index in [-0.39, 0.29) is 12.5 Å². The lowest BCUT2D eigenvalue weighted by atomic mass is 10.1. The molecule has 5 nitrogen and oxygen atoms in total. The van der Waals surface area contributed by atoms with E-state index in [4.69, 9.17) is 5.41 Å². The highest BCUT2D eigenvalue weighted by atomic mass is 16.2. The molecule has 0 bridgehead atoms. The first-order chi connectivity index (χ1) is 6.84. The Morgan fingerprint density at radius 2 is 2.14 bits per heavy atom. The van der Waals surface area contributed by atoms with Crippen LogP contribution in [0.3, 0.4) is 0 Å². The van der Waals surface area contributed by atoms with Crippen LogP contribution in [0.2, 0.25) is 0 Å². The zero-order valence-corrected chi connectivity index (χ0v) is 8.20. The fourth-order valence-electron chi connectivity index (χ4n) is 1.46. The highest BCUT2D eigenvalue weighted by molar-refractivity contribution is 6.14. The van der Waals surface area contributed by atoms with Gasteiger partial charge in [-0.1, -0.05) is 0 Å². The maximum atomic E-state index is 11.5. The van der Waals surface area contributed by atoms with E-state index in [9.17, 15) is 4.79 Å². The quantitative estimate of drug-likeness (QED) is 0.499. The van der Waals surface area contributed by atoms with Gasteiger partial charge in [0, 0.05) is 19.3 Å². The molecule has 0 aromatic heterocycles. The Bertz CT molecular complexity index is 221. The zero-order valence-electron chi connectivity index (χ0n) is 8.20. The number of hydrogen-bond acceptors (Lipinski definition) is 4. The number of carbonyl (C=O) groups is 1. The summed E-state index contributed by atoms with van der Waals surface area (Å²) in [6, 6.07) is 0. The molecule has 0 radical (unpaired) electrons. The van der Waals surface area contributed by atoms with Crippen molar-refractivity contribution in [2.75, 3.05) is 19.6 Å². The molecule has 0 aromatic rings. The summed E-state index contributed by atoms with van der Waals surface area (Å²) in [4.78, 5) is 13.4. The molecule has 1 aliphatic heterocycles. The van der Waals surface area contributed by atoms with Crippen LogP contribution in [-0.4, -0.2) is 42.9 Å². The van der Waals surface area contributed by atoms with E-state index < -0.39 is 0 Å². The second-order valence-electron chi connectivity index (χ2n) is 3.22.